The van der Waals surface area contributed by atoms with E-state index in [4.69, 9.17) is 4.98 Å². The summed E-state index contributed by atoms with van der Waals surface area (Å²) in [5.41, 5.74) is 5.76. The molecule has 5 rings (SSSR count). The van der Waals surface area contributed by atoms with Crippen LogP contribution < -0.4 is 4.90 Å². The molecular formula is C32H39N5O. The highest BCUT2D eigenvalue weighted by Gasteiger charge is 2.24. The maximum atomic E-state index is 13.1. The number of hydrogen-bond donors (Lipinski definition) is 0. The molecule has 3 aromatic heterocycles. The van der Waals surface area contributed by atoms with Crippen molar-refractivity contribution in [3.63, 3.8) is 0 Å². The Bertz CT molecular complexity index is 1420. The average molecular weight is 510 g/mol. The van der Waals surface area contributed by atoms with Gasteiger partial charge in [0, 0.05) is 49.5 Å². The highest BCUT2D eigenvalue weighted by atomic mass is 16.2. The summed E-state index contributed by atoms with van der Waals surface area (Å²) in [4.78, 5) is 26.8. The van der Waals surface area contributed by atoms with Gasteiger partial charge in [-0.2, -0.15) is 0 Å². The normalized spacial score (nSPS) is 14.8. The summed E-state index contributed by atoms with van der Waals surface area (Å²) in [7, 11) is 0. The zero-order valence-electron chi connectivity index (χ0n) is 23.5. The molecule has 0 unspecified atom stereocenters. The highest BCUT2D eigenvalue weighted by molar-refractivity contribution is 5.81. The molecule has 1 aromatic carbocycles. The minimum atomic E-state index is 0.0550. The summed E-state index contributed by atoms with van der Waals surface area (Å²) in [6.07, 6.45) is 3.72. The number of piperazine rings is 1. The highest BCUT2D eigenvalue weighted by Crippen LogP contribution is 2.34. The molecule has 0 spiro atoms. The van der Waals surface area contributed by atoms with Crippen molar-refractivity contribution in [1.82, 2.24) is 19.4 Å². The Balaban J connectivity index is 1.30. The van der Waals surface area contributed by atoms with E-state index in [0.29, 0.717) is 19.6 Å². The lowest BCUT2D eigenvalue weighted by Crippen LogP contribution is -2.49. The van der Waals surface area contributed by atoms with Gasteiger partial charge in [-0.05, 0) is 64.4 Å². The summed E-state index contributed by atoms with van der Waals surface area (Å²) < 4.78 is 1.94. The van der Waals surface area contributed by atoms with Gasteiger partial charge in [-0.1, -0.05) is 53.7 Å². The quantitative estimate of drug-likeness (QED) is 0.336. The van der Waals surface area contributed by atoms with Crippen LogP contribution in [0.4, 0.5) is 5.82 Å². The number of nitrogens with zero attached hydrogens (tertiary/aromatic N) is 5. The van der Waals surface area contributed by atoms with E-state index in [1.54, 1.807) is 6.20 Å². The van der Waals surface area contributed by atoms with E-state index in [9.17, 15) is 4.79 Å². The number of aromatic nitrogens is 3. The first-order valence-electron chi connectivity index (χ1n) is 13.6. The van der Waals surface area contributed by atoms with Crippen molar-refractivity contribution in [2.45, 2.75) is 58.9 Å². The van der Waals surface area contributed by atoms with Crippen LogP contribution in [0, 0.1) is 0 Å². The standard InChI is InChI=1S/C32H39N5O/c1-31(2,3)25-19-24(20-26(21-25)32(4,5)6)27-10-7-11-28(34-27)35-15-17-36(18-16-35)29(38)22-37-14-12-23-9-8-13-33-30(23)37/h7-14,19-21H,15-18,22H2,1-6H3. The molecule has 6 nitrogen and oxygen atoms in total. The zero-order chi connectivity index (χ0) is 27.1. The SMILES string of the molecule is CC(C)(C)c1cc(-c2cccc(N3CCN(C(=O)Cn4ccc5cccnc54)CC3)n2)cc(C(C)(C)C)c1. The molecular weight excluding hydrogens is 470 g/mol. The van der Waals surface area contributed by atoms with Gasteiger partial charge >= 0.3 is 0 Å². The first-order valence-corrected chi connectivity index (χ1v) is 13.6. The van der Waals surface area contributed by atoms with Gasteiger partial charge in [0.05, 0.1) is 5.69 Å². The van der Waals surface area contributed by atoms with E-state index >= 15 is 0 Å². The van der Waals surface area contributed by atoms with Gasteiger partial charge in [-0.3, -0.25) is 4.79 Å². The Morgan fingerprint density at radius 1 is 0.842 bits per heavy atom. The van der Waals surface area contributed by atoms with E-state index in [-0.39, 0.29) is 16.7 Å². The van der Waals surface area contributed by atoms with Gasteiger partial charge in [0.15, 0.2) is 0 Å². The molecule has 0 radical (unpaired) electrons. The molecule has 1 aliphatic rings. The molecule has 4 heterocycles. The number of carbonyl (C=O) groups excluding carboxylic acids is 1. The maximum Gasteiger partial charge on any atom is 0.242 e. The molecule has 38 heavy (non-hydrogen) atoms. The number of rotatable bonds is 4. The Kier molecular flexibility index (Phi) is 6.76. The van der Waals surface area contributed by atoms with E-state index in [1.807, 2.05) is 33.9 Å². The van der Waals surface area contributed by atoms with Crippen molar-refractivity contribution >= 4 is 22.8 Å². The molecule has 0 N–H and O–H groups in total. The second-order valence-electron chi connectivity index (χ2n) is 12.4. The summed E-state index contributed by atoms with van der Waals surface area (Å²) >= 11 is 0. The van der Waals surface area contributed by atoms with Gasteiger partial charge in [0.25, 0.3) is 0 Å². The van der Waals surface area contributed by atoms with Crippen molar-refractivity contribution < 1.29 is 4.79 Å². The number of carbonyl (C=O) groups is 1. The first kappa shape index (κ1) is 26.0. The smallest absolute Gasteiger partial charge is 0.242 e. The fourth-order valence-electron chi connectivity index (χ4n) is 4.98. The topological polar surface area (TPSA) is 54.3 Å². The molecule has 6 heteroatoms. The van der Waals surface area contributed by atoms with E-state index in [2.05, 4.69) is 87.8 Å². The molecule has 0 saturated carbocycles. The second-order valence-corrected chi connectivity index (χ2v) is 12.4. The summed E-state index contributed by atoms with van der Waals surface area (Å²) in [5.74, 6) is 1.09. The van der Waals surface area contributed by atoms with Crippen LogP contribution in [-0.2, 0) is 22.2 Å². The van der Waals surface area contributed by atoms with Gasteiger partial charge < -0.3 is 14.4 Å². The average Bonchev–Trinajstić information content (AvgIpc) is 3.30. The number of fused-ring (bicyclic) bond motifs is 1. The van der Waals surface area contributed by atoms with Crippen LogP contribution in [-0.4, -0.2) is 51.5 Å². The van der Waals surface area contributed by atoms with Crippen LogP contribution in [0.15, 0.2) is 67.0 Å². The summed E-state index contributed by atoms with van der Waals surface area (Å²) in [6, 6.07) is 19.2. The van der Waals surface area contributed by atoms with Crippen LogP contribution in [0.1, 0.15) is 52.7 Å². The second kappa shape index (κ2) is 9.90. The molecule has 1 aliphatic heterocycles. The third-order valence-corrected chi connectivity index (χ3v) is 7.48. The molecule has 0 aliphatic carbocycles. The lowest BCUT2D eigenvalue weighted by molar-refractivity contribution is -0.132. The lowest BCUT2D eigenvalue weighted by Gasteiger charge is -2.35. The number of anilines is 1. The van der Waals surface area contributed by atoms with E-state index in [0.717, 1.165) is 41.2 Å². The maximum absolute atomic E-state index is 13.1. The van der Waals surface area contributed by atoms with Gasteiger partial charge in [0.1, 0.15) is 18.0 Å². The van der Waals surface area contributed by atoms with Crippen LogP contribution in [0.25, 0.3) is 22.3 Å². The fraction of sp³-hybridized carbons (Fsp3) is 0.406. The molecule has 0 bridgehead atoms. The fourth-order valence-corrected chi connectivity index (χ4v) is 4.98. The minimum Gasteiger partial charge on any atom is -0.353 e. The predicted molar refractivity (Wildman–Crippen MR) is 156 cm³/mol. The first-order chi connectivity index (χ1) is 18.0. The van der Waals surface area contributed by atoms with E-state index < -0.39 is 0 Å². The van der Waals surface area contributed by atoms with Gasteiger partial charge in [0.2, 0.25) is 5.91 Å². The van der Waals surface area contributed by atoms with Crippen molar-refractivity contribution in [1.29, 1.82) is 0 Å². The molecule has 0 atom stereocenters. The lowest BCUT2D eigenvalue weighted by atomic mass is 9.79. The molecule has 1 amide bonds. The summed E-state index contributed by atoms with van der Waals surface area (Å²) in [5, 5.41) is 1.05. The minimum absolute atomic E-state index is 0.0550. The third kappa shape index (κ3) is 5.45. The predicted octanol–water partition coefficient (Wildman–Crippen LogP) is 6.04. The Morgan fingerprint density at radius 3 is 2.18 bits per heavy atom. The third-order valence-electron chi connectivity index (χ3n) is 7.48. The van der Waals surface area contributed by atoms with Crippen LogP contribution in [0.3, 0.4) is 0 Å². The molecule has 4 aromatic rings. The monoisotopic (exact) mass is 509 g/mol. The van der Waals surface area contributed by atoms with Crippen LogP contribution in [0.2, 0.25) is 0 Å². The largest absolute Gasteiger partial charge is 0.353 e. The van der Waals surface area contributed by atoms with Gasteiger partial charge in [-0.25, -0.2) is 9.97 Å². The Labute approximate surface area is 226 Å². The molecule has 198 valence electrons. The van der Waals surface area contributed by atoms with Crippen molar-refractivity contribution in [2.24, 2.45) is 0 Å². The Hall–Kier alpha value is -3.67. The molecule has 1 fully saturated rings. The van der Waals surface area contributed by atoms with Crippen LogP contribution in [0.5, 0.6) is 0 Å². The van der Waals surface area contributed by atoms with Crippen molar-refractivity contribution in [3.8, 4) is 11.3 Å². The Morgan fingerprint density at radius 2 is 1.53 bits per heavy atom. The zero-order valence-corrected chi connectivity index (χ0v) is 23.5. The summed E-state index contributed by atoms with van der Waals surface area (Å²) in [6.45, 7) is 16.8. The number of amides is 1. The molecule has 1 saturated heterocycles. The number of pyridine rings is 2. The van der Waals surface area contributed by atoms with Crippen molar-refractivity contribution in [2.75, 3.05) is 31.1 Å². The van der Waals surface area contributed by atoms with E-state index in [1.165, 1.54) is 11.1 Å². The number of benzene rings is 1. The number of hydrogen-bond acceptors (Lipinski definition) is 4. The van der Waals surface area contributed by atoms with Gasteiger partial charge in [-0.15, -0.1) is 0 Å². The van der Waals surface area contributed by atoms with Crippen molar-refractivity contribution in [3.05, 3.63) is 78.1 Å². The van der Waals surface area contributed by atoms with Crippen LogP contribution >= 0.6 is 0 Å².